The molecule has 0 spiro atoms. The molecular formula is C10H17IO. The molecule has 0 aromatic carbocycles. The zero-order valence-electron chi connectivity index (χ0n) is 7.68. The largest absolute Gasteiger partial charge is 0.371 e. The summed E-state index contributed by atoms with van der Waals surface area (Å²) in [6.45, 7) is 2.30. The molecule has 0 aromatic heterocycles. The van der Waals surface area contributed by atoms with Gasteiger partial charge in [0.05, 0.1) is 11.7 Å². The van der Waals surface area contributed by atoms with Gasteiger partial charge in [-0.25, -0.2) is 0 Å². The van der Waals surface area contributed by atoms with Gasteiger partial charge in [0.1, 0.15) is 0 Å². The van der Waals surface area contributed by atoms with Crippen molar-refractivity contribution in [1.82, 2.24) is 0 Å². The Balaban J connectivity index is 1.85. The lowest BCUT2D eigenvalue weighted by atomic mass is 9.95. The van der Waals surface area contributed by atoms with E-state index in [1.54, 1.807) is 0 Å². The van der Waals surface area contributed by atoms with Crippen LogP contribution in [0.25, 0.3) is 0 Å². The number of rotatable bonds is 3. The van der Waals surface area contributed by atoms with E-state index >= 15 is 0 Å². The van der Waals surface area contributed by atoms with Crippen molar-refractivity contribution in [3.05, 3.63) is 0 Å². The van der Waals surface area contributed by atoms with Gasteiger partial charge in [-0.3, -0.25) is 0 Å². The summed E-state index contributed by atoms with van der Waals surface area (Å²) in [5, 5.41) is 0. The number of halogens is 1. The van der Waals surface area contributed by atoms with Crippen molar-refractivity contribution in [2.45, 2.75) is 50.7 Å². The first-order valence-corrected chi connectivity index (χ1v) is 6.48. The summed E-state index contributed by atoms with van der Waals surface area (Å²) in [7, 11) is 0. The van der Waals surface area contributed by atoms with Gasteiger partial charge in [0.25, 0.3) is 0 Å². The summed E-state index contributed by atoms with van der Waals surface area (Å²) in [6.07, 6.45) is 7.35. The Labute approximate surface area is 88.4 Å². The van der Waals surface area contributed by atoms with Gasteiger partial charge >= 0.3 is 0 Å². The summed E-state index contributed by atoms with van der Waals surface area (Å²) < 4.78 is 7.21. The SMILES string of the molecule is CC1(CC2CC2)CCC(CI)O1. The Morgan fingerprint density at radius 2 is 2.17 bits per heavy atom. The highest BCUT2D eigenvalue weighted by molar-refractivity contribution is 14.1. The van der Waals surface area contributed by atoms with E-state index in [4.69, 9.17) is 4.74 Å². The fourth-order valence-electron chi connectivity index (χ4n) is 2.18. The molecule has 0 radical (unpaired) electrons. The molecule has 1 saturated carbocycles. The minimum absolute atomic E-state index is 0.247. The van der Waals surface area contributed by atoms with Crippen LogP contribution in [0.4, 0.5) is 0 Å². The Morgan fingerprint density at radius 1 is 1.42 bits per heavy atom. The molecule has 1 nitrogen and oxygen atoms in total. The topological polar surface area (TPSA) is 9.23 Å². The first-order chi connectivity index (χ1) is 5.72. The Morgan fingerprint density at radius 3 is 2.67 bits per heavy atom. The molecule has 2 aliphatic rings. The number of alkyl halides is 1. The summed E-state index contributed by atoms with van der Waals surface area (Å²) in [5.41, 5.74) is 0.247. The highest BCUT2D eigenvalue weighted by Crippen LogP contribution is 2.43. The Bertz CT molecular complexity index is 167. The first kappa shape index (κ1) is 9.25. The maximum Gasteiger partial charge on any atom is 0.0672 e. The van der Waals surface area contributed by atoms with E-state index in [1.807, 2.05) is 0 Å². The standard InChI is InChI=1S/C10H17IO/c1-10(6-8-2-3-8)5-4-9(7-11)12-10/h8-9H,2-7H2,1H3. The van der Waals surface area contributed by atoms with Gasteiger partial charge in [-0.05, 0) is 32.1 Å². The second-order valence-corrected chi connectivity index (χ2v) is 5.41. The molecule has 12 heavy (non-hydrogen) atoms. The zero-order chi connectivity index (χ0) is 8.60. The normalized spacial score (nSPS) is 42.0. The minimum Gasteiger partial charge on any atom is -0.371 e. The number of hydrogen-bond acceptors (Lipinski definition) is 1. The van der Waals surface area contributed by atoms with Crippen LogP contribution in [0.3, 0.4) is 0 Å². The van der Waals surface area contributed by atoms with Crippen molar-refractivity contribution in [2.24, 2.45) is 5.92 Å². The highest BCUT2D eigenvalue weighted by atomic mass is 127. The predicted molar refractivity (Wildman–Crippen MR) is 58.7 cm³/mol. The van der Waals surface area contributed by atoms with Gasteiger partial charge in [0.2, 0.25) is 0 Å². The summed E-state index contributed by atoms with van der Waals surface area (Å²) in [6, 6.07) is 0. The summed E-state index contributed by atoms with van der Waals surface area (Å²) in [5.74, 6) is 1.00. The Kier molecular flexibility index (Phi) is 2.66. The molecule has 0 aromatic rings. The van der Waals surface area contributed by atoms with Crippen LogP contribution in [-0.2, 0) is 4.74 Å². The highest BCUT2D eigenvalue weighted by Gasteiger charge is 2.39. The van der Waals surface area contributed by atoms with E-state index in [0.717, 1.165) is 10.3 Å². The fraction of sp³-hybridized carbons (Fsp3) is 1.00. The molecular weight excluding hydrogens is 263 g/mol. The van der Waals surface area contributed by atoms with Crippen molar-refractivity contribution >= 4 is 22.6 Å². The van der Waals surface area contributed by atoms with Crippen molar-refractivity contribution < 1.29 is 4.74 Å². The van der Waals surface area contributed by atoms with Crippen LogP contribution >= 0.6 is 22.6 Å². The summed E-state index contributed by atoms with van der Waals surface area (Å²) >= 11 is 2.43. The molecule has 2 rings (SSSR count). The molecule has 2 unspecified atom stereocenters. The van der Waals surface area contributed by atoms with Crippen LogP contribution in [0.5, 0.6) is 0 Å². The van der Waals surface area contributed by atoms with Gasteiger partial charge in [-0.15, -0.1) is 0 Å². The van der Waals surface area contributed by atoms with Gasteiger partial charge in [0.15, 0.2) is 0 Å². The van der Waals surface area contributed by atoms with Crippen LogP contribution in [0, 0.1) is 5.92 Å². The van der Waals surface area contributed by atoms with Crippen LogP contribution in [0.15, 0.2) is 0 Å². The van der Waals surface area contributed by atoms with Crippen LogP contribution in [0.1, 0.15) is 39.0 Å². The average molecular weight is 280 g/mol. The summed E-state index contributed by atoms with van der Waals surface area (Å²) in [4.78, 5) is 0. The Hall–Kier alpha value is 0.690. The van der Waals surface area contributed by atoms with Crippen LogP contribution < -0.4 is 0 Å². The minimum atomic E-state index is 0.247. The average Bonchev–Trinajstić information content (AvgIpc) is 2.74. The molecule has 1 aliphatic heterocycles. The maximum atomic E-state index is 6.04. The van der Waals surface area contributed by atoms with E-state index in [0.29, 0.717) is 6.10 Å². The second-order valence-electron chi connectivity index (χ2n) is 4.53. The van der Waals surface area contributed by atoms with Crippen LogP contribution in [-0.4, -0.2) is 16.1 Å². The third kappa shape index (κ3) is 2.13. The molecule has 70 valence electrons. The smallest absolute Gasteiger partial charge is 0.0672 e. The molecule has 2 atom stereocenters. The van der Waals surface area contributed by atoms with Crippen molar-refractivity contribution in [3.8, 4) is 0 Å². The lowest BCUT2D eigenvalue weighted by molar-refractivity contribution is -0.0266. The van der Waals surface area contributed by atoms with Crippen molar-refractivity contribution in [1.29, 1.82) is 0 Å². The van der Waals surface area contributed by atoms with E-state index < -0.39 is 0 Å². The van der Waals surface area contributed by atoms with E-state index in [-0.39, 0.29) is 5.60 Å². The molecule has 0 bridgehead atoms. The van der Waals surface area contributed by atoms with Crippen LogP contribution in [0.2, 0.25) is 0 Å². The van der Waals surface area contributed by atoms with E-state index in [9.17, 15) is 0 Å². The fourth-order valence-corrected chi connectivity index (χ4v) is 2.80. The second kappa shape index (κ2) is 3.45. The third-order valence-electron chi connectivity index (χ3n) is 3.04. The first-order valence-electron chi connectivity index (χ1n) is 4.96. The van der Waals surface area contributed by atoms with Crippen molar-refractivity contribution in [2.75, 3.05) is 4.43 Å². The third-order valence-corrected chi connectivity index (χ3v) is 4.02. The van der Waals surface area contributed by atoms with Gasteiger partial charge in [-0.2, -0.15) is 0 Å². The quantitative estimate of drug-likeness (QED) is 0.570. The maximum absolute atomic E-state index is 6.04. The zero-order valence-corrected chi connectivity index (χ0v) is 9.84. The molecule has 1 heterocycles. The monoisotopic (exact) mass is 280 g/mol. The van der Waals surface area contributed by atoms with Gasteiger partial charge in [0, 0.05) is 4.43 Å². The van der Waals surface area contributed by atoms with Gasteiger partial charge < -0.3 is 4.74 Å². The number of ether oxygens (including phenoxy) is 1. The molecule has 0 amide bonds. The predicted octanol–water partition coefficient (Wildman–Crippen LogP) is 3.16. The lowest BCUT2D eigenvalue weighted by Crippen LogP contribution is -2.26. The molecule has 1 saturated heterocycles. The molecule has 2 fully saturated rings. The number of hydrogen-bond donors (Lipinski definition) is 0. The lowest BCUT2D eigenvalue weighted by Gasteiger charge is -2.24. The molecule has 1 aliphatic carbocycles. The van der Waals surface area contributed by atoms with Gasteiger partial charge in [-0.1, -0.05) is 35.4 Å². The van der Waals surface area contributed by atoms with E-state index in [1.165, 1.54) is 32.1 Å². The molecule has 2 heteroatoms. The molecule has 0 N–H and O–H groups in total. The van der Waals surface area contributed by atoms with Crippen molar-refractivity contribution in [3.63, 3.8) is 0 Å². The van der Waals surface area contributed by atoms with E-state index in [2.05, 4.69) is 29.5 Å².